The normalized spacial score (nSPS) is 11.5. The quantitative estimate of drug-likeness (QED) is 0.835. The number of anilines is 3. The molecule has 0 radical (unpaired) electrons. The molecule has 0 aliphatic heterocycles. The average molecular weight is 302 g/mol. The van der Waals surface area contributed by atoms with Crippen molar-refractivity contribution in [3.8, 4) is 0 Å². The zero-order valence-corrected chi connectivity index (χ0v) is 14.0. The number of rotatable bonds is 3. The van der Waals surface area contributed by atoms with E-state index in [1.165, 1.54) is 4.90 Å². The van der Waals surface area contributed by atoms with Crippen molar-refractivity contribution in [2.45, 2.75) is 38.0 Å². The summed E-state index contributed by atoms with van der Waals surface area (Å²) in [5, 5.41) is 3.36. The zero-order valence-electron chi connectivity index (χ0n) is 13.2. The van der Waals surface area contributed by atoms with E-state index in [4.69, 9.17) is 5.73 Å². The number of nitrogen functional groups attached to an aromatic ring is 1. The highest BCUT2D eigenvalue weighted by molar-refractivity contribution is 7.98. The largest absolute Gasteiger partial charge is 0.383 e. The number of thioether (sulfide) groups is 1. The van der Waals surface area contributed by atoms with Crippen LogP contribution >= 0.6 is 11.8 Å². The van der Waals surface area contributed by atoms with Gasteiger partial charge in [0, 0.05) is 21.6 Å². The lowest BCUT2D eigenvalue weighted by atomic mass is 9.95. The Kier molecular flexibility index (Phi) is 4.42. The van der Waals surface area contributed by atoms with Gasteiger partial charge in [-0.2, -0.15) is 0 Å². The molecule has 0 spiro atoms. The van der Waals surface area contributed by atoms with Crippen LogP contribution in [0.4, 0.5) is 17.3 Å². The standard InChI is InChI=1S/C16H22N4S/c1-10-13(17)19-15(16(2,3)4)20-14(10)18-11-7-6-8-12(9-11)21-5/h6-9H,1-5H3,(H3,17,18,19,20). The minimum absolute atomic E-state index is 0.140. The molecular formula is C16H22N4S. The third-order valence-corrected chi connectivity index (χ3v) is 3.91. The van der Waals surface area contributed by atoms with Gasteiger partial charge >= 0.3 is 0 Å². The maximum absolute atomic E-state index is 6.03. The summed E-state index contributed by atoms with van der Waals surface area (Å²) in [6.07, 6.45) is 2.06. The molecule has 0 aliphatic carbocycles. The number of nitrogens with one attached hydrogen (secondary N) is 1. The molecule has 1 heterocycles. The molecule has 2 aromatic rings. The van der Waals surface area contributed by atoms with Crippen molar-refractivity contribution < 1.29 is 0 Å². The van der Waals surface area contributed by atoms with Crippen LogP contribution in [-0.2, 0) is 5.41 Å². The number of benzene rings is 1. The van der Waals surface area contributed by atoms with Gasteiger partial charge in [0.05, 0.1) is 0 Å². The first-order chi connectivity index (χ1) is 9.81. The predicted octanol–water partition coefficient (Wildman–Crippen LogP) is 4.13. The first kappa shape index (κ1) is 15.6. The summed E-state index contributed by atoms with van der Waals surface area (Å²) in [6, 6.07) is 8.23. The summed E-state index contributed by atoms with van der Waals surface area (Å²) < 4.78 is 0. The molecule has 2 rings (SSSR count). The zero-order chi connectivity index (χ0) is 15.6. The van der Waals surface area contributed by atoms with Crippen LogP contribution in [0.5, 0.6) is 0 Å². The molecule has 1 aromatic heterocycles. The summed E-state index contributed by atoms with van der Waals surface area (Å²) in [5.74, 6) is 2.04. The highest BCUT2D eigenvalue weighted by Gasteiger charge is 2.20. The third-order valence-electron chi connectivity index (χ3n) is 3.19. The second-order valence-electron chi connectivity index (χ2n) is 6.01. The molecule has 3 N–H and O–H groups in total. The van der Waals surface area contributed by atoms with Crippen LogP contribution in [0, 0.1) is 6.92 Å². The van der Waals surface area contributed by atoms with Crippen molar-refractivity contribution in [3.63, 3.8) is 0 Å². The van der Waals surface area contributed by atoms with Crippen molar-refractivity contribution in [1.82, 2.24) is 9.97 Å². The lowest BCUT2D eigenvalue weighted by molar-refractivity contribution is 0.546. The molecular weight excluding hydrogens is 280 g/mol. The Labute approximate surface area is 130 Å². The van der Waals surface area contributed by atoms with Gasteiger partial charge in [0.15, 0.2) is 0 Å². The Morgan fingerprint density at radius 3 is 2.52 bits per heavy atom. The summed E-state index contributed by atoms with van der Waals surface area (Å²) in [4.78, 5) is 10.3. The van der Waals surface area contributed by atoms with Crippen LogP contribution in [0.1, 0.15) is 32.2 Å². The van der Waals surface area contributed by atoms with Gasteiger partial charge in [-0.05, 0) is 31.4 Å². The molecule has 5 heteroatoms. The SMILES string of the molecule is CSc1cccc(Nc2nc(C(C)(C)C)nc(N)c2C)c1. The number of hydrogen-bond donors (Lipinski definition) is 2. The molecule has 0 bridgehead atoms. The second-order valence-corrected chi connectivity index (χ2v) is 6.89. The van der Waals surface area contributed by atoms with Crippen molar-refractivity contribution in [1.29, 1.82) is 0 Å². The Hall–Kier alpha value is -1.75. The molecule has 1 aromatic carbocycles. The van der Waals surface area contributed by atoms with Crippen LogP contribution in [0.2, 0.25) is 0 Å². The van der Waals surface area contributed by atoms with Crippen molar-refractivity contribution in [2.24, 2.45) is 0 Å². The van der Waals surface area contributed by atoms with Crippen LogP contribution in [0.25, 0.3) is 0 Å². The Morgan fingerprint density at radius 1 is 1.19 bits per heavy atom. The van der Waals surface area contributed by atoms with Crippen LogP contribution < -0.4 is 11.1 Å². The number of hydrogen-bond acceptors (Lipinski definition) is 5. The van der Waals surface area contributed by atoms with Crippen molar-refractivity contribution in [2.75, 3.05) is 17.3 Å². The van der Waals surface area contributed by atoms with Crippen molar-refractivity contribution >= 4 is 29.1 Å². The van der Waals surface area contributed by atoms with E-state index >= 15 is 0 Å². The number of nitrogens with zero attached hydrogens (tertiary/aromatic N) is 2. The van der Waals surface area contributed by atoms with Gasteiger partial charge in [-0.1, -0.05) is 26.8 Å². The number of nitrogens with two attached hydrogens (primary N) is 1. The van der Waals surface area contributed by atoms with Gasteiger partial charge in [-0.15, -0.1) is 11.8 Å². The summed E-state index contributed by atoms with van der Waals surface area (Å²) >= 11 is 1.71. The topological polar surface area (TPSA) is 63.8 Å². The summed E-state index contributed by atoms with van der Waals surface area (Å²) in [7, 11) is 0. The Morgan fingerprint density at radius 2 is 1.90 bits per heavy atom. The van der Waals surface area contributed by atoms with Gasteiger partial charge < -0.3 is 11.1 Å². The average Bonchev–Trinajstić information content (AvgIpc) is 2.42. The minimum atomic E-state index is -0.140. The fourth-order valence-electron chi connectivity index (χ4n) is 1.83. The van der Waals surface area contributed by atoms with Gasteiger partial charge in [-0.25, -0.2) is 9.97 Å². The molecule has 112 valence electrons. The third kappa shape index (κ3) is 3.67. The van der Waals surface area contributed by atoms with Crippen LogP contribution in [0.15, 0.2) is 29.2 Å². The minimum Gasteiger partial charge on any atom is -0.383 e. The van der Waals surface area contributed by atoms with E-state index in [1.54, 1.807) is 11.8 Å². The molecule has 0 fully saturated rings. The van der Waals surface area contributed by atoms with Gasteiger partial charge in [0.25, 0.3) is 0 Å². The fraction of sp³-hybridized carbons (Fsp3) is 0.375. The van der Waals surface area contributed by atoms with Gasteiger partial charge in [0.1, 0.15) is 17.5 Å². The molecule has 0 amide bonds. The molecule has 0 saturated carbocycles. The molecule has 4 nitrogen and oxygen atoms in total. The van der Waals surface area contributed by atoms with E-state index in [0.717, 1.165) is 22.9 Å². The predicted molar refractivity (Wildman–Crippen MR) is 91.4 cm³/mol. The second kappa shape index (κ2) is 5.93. The molecule has 0 saturated heterocycles. The van der Waals surface area contributed by atoms with E-state index in [2.05, 4.69) is 54.4 Å². The Balaban J connectivity index is 2.41. The van der Waals surface area contributed by atoms with Crippen LogP contribution in [-0.4, -0.2) is 16.2 Å². The summed E-state index contributed by atoms with van der Waals surface area (Å²) in [5.41, 5.74) is 7.77. The van der Waals surface area contributed by atoms with Gasteiger partial charge in [0.2, 0.25) is 0 Å². The lowest BCUT2D eigenvalue weighted by Crippen LogP contribution is -2.18. The fourth-order valence-corrected chi connectivity index (χ4v) is 2.29. The van der Waals surface area contributed by atoms with E-state index in [-0.39, 0.29) is 5.41 Å². The van der Waals surface area contributed by atoms with E-state index < -0.39 is 0 Å². The first-order valence-electron chi connectivity index (χ1n) is 6.87. The first-order valence-corrected chi connectivity index (χ1v) is 8.09. The highest BCUT2D eigenvalue weighted by atomic mass is 32.2. The lowest BCUT2D eigenvalue weighted by Gasteiger charge is -2.20. The maximum atomic E-state index is 6.03. The van der Waals surface area contributed by atoms with E-state index in [0.29, 0.717) is 5.82 Å². The van der Waals surface area contributed by atoms with Crippen LogP contribution in [0.3, 0.4) is 0 Å². The highest BCUT2D eigenvalue weighted by Crippen LogP contribution is 2.28. The van der Waals surface area contributed by atoms with Crippen molar-refractivity contribution in [3.05, 3.63) is 35.7 Å². The number of aromatic nitrogens is 2. The molecule has 0 atom stereocenters. The molecule has 0 aliphatic rings. The molecule has 21 heavy (non-hydrogen) atoms. The Bertz CT molecular complexity index is 647. The maximum Gasteiger partial charge on any atom is 0.139 e. The molecule has 0 unspecified atom stereocenters. The van der Waals surface area contributed by atoms with Gasteiger partial charge in [-0.3, -0.25) is 0 Å². The van der Waals surface area contributed by atoms with E-state index in [9.17, 15) is 0 Å². The van der Waals surface area contributed by atoms with E-state index in [1.807, 2.05) is 19.1 Å². The monoisotopic (exact) mass is 302 g/mol. The smallest absolute Gasteiger partial charge is 0.139 e. The summed E-state index contributed by atoms with van der Waals surface area (Å²) in [6.45, 7) is 8.17.